The van der Waals surface area contributed by atoms with E-state index in [4.69, 9.17) is 33.2 Å². The molecule has 244 valence electrons. The van der Waals surface area contributed by atoms with Crippen LogP contribution in [0.4, 0.5) is 0 Å². The Morgan fingerprint density at radius 1 is 0.848 bits per heavy atom. The number of methoxy groups -OCH3 is 1. The summed E-state index contributed by atoms with van der Waals surface area (Å²) in [4.78, 5) is 37.8. The van der Waals surface area contributed by atoms with Gasteiger partial charge in [0.25, 0.3) is 0 Å². The van der Waals surface area contributed by atoms with E-state index in [2.05, 4.69) is 0 Å². The fraction of sp³-hybridized carbons (Fsp3) is 0.400. The predicted molar refractivity (Wildman–Crippen MR) is 165 cm³/mol. The third kappa shape index (κ3) is 6.83. The number of carboxylic acid groups (broad SMARTS) is 1. The van der Waals surface area contributed by atoms with Crippen molar-refractivity contribution in [3.05, 3.63) is 76.9 Å². The van der Waals surface area contributed by atoms with Crippen LogP contribution in [0.2, 0.25) is 0 Å². The fourth-order valence-corrected chi connectivity index (χ4v) is 5.70. The number of carbonyl (C=O) groups is 3. The van der Waals surface area contributed by atoms with Gasteiger partial charge in [0.2, 0.25) is 13.6 Å². The van der Waals surface area contributed by atoms with Crippen molar-refractivity contribution in [2.75, 3.05) is 33.9 Å². The summed E-state index contributed by atoms with van der Waals surface area (Å²) in [5, 5.41) is 10.8. The summed E-state index contributed by atoms with van der Waals surface area (Å²) in [6, 6.07) is 16.2. The maximum Gasteiger partial charge on any atom is 0.347 e. The van der Waals surface area contributed by atoms with Crippen molar-refractivity contribution in [1.29, 1.82) is 0 Å². The zero-order chi connectivity index (χ0) is 33.0. The average Bonchev–Trinajstić information content (AvgIpc) is 3.64. The predicted octanol–water partition coefficient (Wildman–Crippen LogP) is 5.66. The number of rotatable bonds is 12. The number of aliphatic carboxylic acids is 1. The molecule has 3 aromatic carbocycles. The SMILES string of the molecule is CCCOc1ccc2c(c1)[C@@H](c1ccc(OC)cc1OCC(=O)OCOC(=O)C(C)(C)C)[C@H](C(=O)O)[C@H]2c1ccc2c(c1)OCO2. The molecule has 11 nitrogen and oxygen atoms in total. The van der Waals surface area contributed by atoms with E-state index >= 15 is 0 Å². The maximum atomic E-state index is 13.2. The van der Waals surface area contributed by atoms with E-state index < -0.39 is 54.5 Å². The third-order valence-corrected chi connectivity index (χ3v) is 7.88. The summed E-state index contributed by atoms with van der Waals surface area (Å²) in [5.41, 5.74) is 2.12. The van der Waals surface area contributed by atoms with Crippen LogP contribution in [0.3, 0.4) is 0 Å². The summed E-state index contributed by atoms with van der Waals surface area (Å²) >= 11 is 0. The molecule has 0 saturated heterocycles. The van der Waals surface area contributed by atoms with Gasteiger partial charge in [-0.25, -0.2) is 4.79 Å². The molecule has 0 amide bonds. The van der Waals surface area contributed by atoms with Gasteiger partial charge in [-0.05, 0) is 74.2 Å². The topological polar surface area (TPSA) is 136 Å². The fourth-order valence-electron chi connectivity index (χ4n) is 5.70. The van der Waals surface area contributed by atoms with Crippen molar-refractivity contribution in [3.63, 3.8) is 0 Å². The van der Waals surface area contributed by atoms with E-state index in [1.54, 1.807) is 45.0 Å². The minimum atomic E-state index is -1.01. The second kappa shape index (κ2) is 13.6. The number of carboxylic acids is 1. The Morgan fingerprint density at radius 3 is 2.30 bits per heavy atom. The van der Waals surface area contributed by atoms with Crippen LogP contribution >= 0.6 is 0 Å². The second-order valence-electron chi connectivity index (χ2n) is 12.1. The Kier molecular flexibility index (Phi) is 9.60. The lowest BCUT2D eigenvalue weighted by molar-refractivity contribution is -0.174. The molecule has 0 unspecified atom stereocenters. The minimum absolute atomic E-state index is 0.0944. The highest BCUT2D eigenvalue weighted by Crippen LogP contribution is 2.56. The number of fused-ring (bicyclic) bond motifs is 2. The molecule has 3 atom stereocenters. The molecule has 1 aliphatic heterocycles. The molecule has 46 heavy (non-hydrogen) atoms. The van der Waals surface area contributed by atoms with E-state index in [-0.39, 0.29) is 12.5 Å². The molecule has 11 heteroatoms. The van der Waals surface area contributed by atoms with Crippen molar-refractivity contribution >= 4 is 17.9 Å². The molecule has 1 aliphatic carbocycles. The number of ether oxygens (including phenoxy) is 7. The number of hydrogen-bond donors (Lipinski definition) is 1. The van der Waals surface area contributed by atoms with Crippen LogP contribution in [0.15, 0.2) is 54.6 Å². The molecule has 1 N–H and O–H groups in total. The minimum Gasteiger partial charge on any atom is -0.497 e. The lowest BCUT2D eigenvalue weighted by atomic mass is 9.79. The van der Waals surface area contributed by atoms with Gasteiger partial charge in [-0.15, -0.1) is 0 Å². The quantitative estimate of drug-likeness (QED) is 0.195. The van der Waals surface area contributed by atoms with Gasteiger partial charge in [-0.3, -0.25) is 9.59 Å². The van der Waals surface area contributed by atoms with Crippen molar-refractivity contribution in [2.24, 2.45) is 11.3 Å². The first-order valence-electron chi connectivity index (χ1n) is 15.0. The zero-order valence-electron chi connectivity index (χ0n) is 26.5. The lowest BCUT2D eigenvalue weighted by Gasteiger charge is -2.25. The van der Waals surface area contributed by atoms with Gasteiger partial charge in [0, 0.05) is 23.5 Å². The first kappa shape index (κ1) is 32.5. The number of benzene rings is 3. The van der Waals surface area contributed by atoms with E-state index in [1.165, 1.54) is 7.11 Å². The van der Waals surface area contributed by atoms with Gasteiger partial charge < -0.3 is 38.3 Å². The molecular weight excluding hydrogens is 596 g/mol. The van der Waals surface area contributed by atoms with Gasteiger partial charge in [0.1, 0.15) is 17.2 Å². The normalized spacial score (nSPS) is 18.0. The van der Waals surface area contributed by atoms with E-state index in [0.717, 1.165) is 23.1 Å². The van der Waals surface area contributed by atoms with Crippen LogP contribution < -0.4 is 23.7 Å². The molecule has 5 rings (SSSR count). The highest BCUT2D eigenvalue weighted by molar-refractivity contribution is 5.79. The molecule has 0 spiro atoms. The van der Waals surface area contributed by atoms with Gasteiger partial charge in [-0.1, -0.05) is 25.1 Å². The first-order chi connectivity index (χ1) is 22.0. The van der Waals surface area contributed by atoms with Crippen LogP contribution in [0, 0.1) is 11.3 Å². The highest BCUT2D eigenvalue weighted by atomic mass is 16.7. The van der Waals surface area contributed by atoms with Crippen LogP contribution in [0.25, 0.3) is 0 Å². The Balaban J connectivity index is 1.51. The van der Waals surface area contributed by atoms with E-state index in [9.17, 15) is 19.5 Å². The number of carbonyl (C=O) groups excluding carboxylic acids is 2. The molecular formula is C35H38O11. The zero-order valence-corrected chi connectivity index (χ0v) is 26.5. The Labute approximate surface area is 267 Å². The Hall–Kier alpha value is -4.93. The molecule has 0 fully saturated rings. The standard InChI is InChI=1S/C35H38O11/c1-6-13-41-22-9-10-23-25(15-22)31(32(33(37)38)30(23)20-7-12-26-28(14-20)44-18-43-26)24-11-8-21(40-5)16-27(24)42-17-29(36)45-19-46-34(39)35(2,3)4/h7-12,14-16,30-32H,6,13,17-19H2,1-5H3,(H,37,38)/t30-,31+,32+/m0/s1. The smallest absolute Gasteiger partial charge is 0.347 e. The summed E-state index contributed by atoms with van der Waals surface area (Å²) in [6.07, 6.45) is 0.806. The highest BCUT2D eigenvalue weighted by Gasteiger charge is 2.48. The van der Waals surface area contributed by atoms with Crippen LogP contribution in [-0.2, 0) is 23.9 Å². The third-order valence-electron chi connectivity index (χ3n) is 7.88. The van der Waals surface area contributed by atoms with Crippen molar-refractivity contribution < 1.29 is 52.6 Å². The number of hydrogen-bond acceptors (Lipinski definition) is 10. The molecule has 3 aromatic rings. The molecule has 0 bridgehead atoms. The van der Waals surface area contributed by atoms with Crippen molar-refractivity contribution in [2.45, 2.75) is 46.0 Å². The van der Waals surface area contributed by atoms with Crippen LogP contribution in [0.1, 0.15) is 68.2 Å². The van der Waals surface area contributed by atoms with Crippen molar-refractivity contribution in [1.82, 2.24) is 0 Å². The van der Waals surface area contributed by atoms with Gasteiger partial charge >= 0.3 is 17.9 Å². The Morgan fingerprint density at radius 2 is 1.59 bits per heavy atom. The van der Waals surface area contributed by atoms with Gasteiger partial charge in [-0.2, -0.15) is 0 Å². The van der Waals surface area contributed by atoms with Gasteiger partial charge in [0.15, 0.2) is 18.1 Å². The average molecular weight is 635 g/mol. The summed E-state index contributed by atoms with van der Waals surface area (Å²) in [5.74, 6) is -2.05. The largest absolute Gasteiger partial charge is 0.497 e. The molecule has 1 heterocycles. The van der Waals surface area contributed by atoms with Crippen LogP contribution in [-0.4, -0.2) is 56.9 Å². The van der Waals surface area contributed by atoms with Gasteiger partial charge in [0.05, 0.1) is 25.0 Å². The second-order valence-corrected chi connectivity index (χ2v) is 12.1. The van der Waals surface area contributed by atoms with Crippen molar-refractivity contribution in [3.8, 4) is 28.7 Å². The maximum absolute atomic E-state index is 13.2. The molecule has 2 aliphatic rings. The van der Waals surface area contributed by atoms with Crippen LogP contribution in [0.5, 0.6) is 28.7 Å². The molecule has 0 aromatic heterocycles. The van der Waals surface area contributed by atoms with E-state index in [0.29, 0.717) is 35.2 Å². The summed E-state index contributed by atoms with van der Waals surface area (Å²) < 4.78 is 38.5. The molecule has 0 radical (unpaired) electrons. The lowest BCUT2D eigenvalue weighted by Crippen LogP contribution is -2.26. The summed E-state index contributed by atoms with van der Waals surface area (Å²) in [7, 11) is 1.49. The number of esters is 2. The monoisotopic (exact) mass is 634 g/mol. The Bertz CT molecular complexity index is 1610. The van der Waals surface area contributed by atoms with E-state index in [1.807, 2.05) is 37.3 Å². The first-order valence-corrected chi connectivity index (χ1v) is 15.0. The summed E-state index contributed by atoms with van der Waals surface area (Å²) in [6.45, 7) is 6.59. The molecule has 0 saturated carbocycles.